The van der Waals surface area contributed by atoms with E-state index in [-0.39, 0.29) is 47.8 Å². The maximum Gasteiger partial charge on any atom is 0.192 e. The highest BCUT2D eigenvalue weighted by atomic mass is 79.9. The maximum atomic E-state index is 14.2. The first-order valence-electron chi connectivity index (χ1n) is 40.2. The summed E-state index contributed by atoms with van der Waals surface area (Å²) in [6.45, 7) is 46.5. The number of thiophene rings is 4. The molecule has 684 valence electrons. The van der Waals surface area contributed by atoms with Crippen molar-refractivity contribution < 1.29 is 55.9 Å². The van der Waals surface area contributed by atoms with E-state index in [1.807, 2.05) is 71.0 Å². The van der Waals surface area contributed by atoms with Crippen molar-refractivity contribution in [3.05, 3.63) is 178 Å². The molecular weight excluding hydrogens is 2430 g/mol. The number of nitrogens with zero attached hydrogens (tertiary/aromatic N) is 10. The number of carbonyl (C=O) groups excluding carboxylic acids is 1. The number of ether oxygens (including phenoxy) is 6. The van der Waals surface area contributed by atoms with Crippen molar-refractivity contribution in [2.24, 2.45) is 0 Å². The molecule has 0 spiro atoms. The van der Waals surface area contributed by atoms with Gasteiger partial charge in [0.2, 0.25) is 0 Å². The van der Waals surface area contributed by atoms with Crippen LogP contribution in [0.2, 0.25) is 128 Å². The van der Waals surface area contributed by atoms with Gasteiger partial charge in [-0.15, -0.1) is 45.3 Å². The number of halogens is 14. The predicted molar refractivity (Wildman–Crippen MR) is 564 cm³/mol. The van der Waals surface area contributed by atoms with Crippen LogP contribution in [-0.4, -0.2) is 149 Å². The quantitative estimate of drug-likeness (QED) is 0.00979. The molecule has 0 saturated heterocycles. The Morgan fingerprint density at radius 2 is 0.698 bits per heavy atom. The van der Waals surface area contributed by atoms with E-state index < -0.39 is 46.5 Å². The van der Waals surface area contributed by atoms with Crippen LogP contribution in [-0.2, 0) is 62.1 Å². The topological polar surface area (TPSA) is 182 Å². The normalized spacial score (nSPS) is 12.4. The van der Waals surface area contributed by atoms with Crippen LogP contribution in [0.15, 0.2) is 138 Å². The smallest absolute Gasteiger partial charge is 0.192 e. The highest BCUT2D eigenvalue weighted by molar-refractivity contribution is 9.13. The maximum absolute atomic E-state index is 14.2. The Morgan fingerprint density at radius 1 is 0.413 bits per heavy atom. The number of ketones is 1. The first-order chi connectivity index (χ1) is 59.3. The minimum Gasteiger partial charge on any atom is -0.492 e. The van der Waals surface area contributed by atoms with Crippen LogP contribution in [0.3, 0.4) is 0 Å². The largest absolute Gasteiger partial charge is 0.492 e. The molecule has 13 aromatic rings. The van der Waals surface area contributed by atoms with Gasteiger partial charge in [-0.3, -0.25) is 23.1 Å². The lowest BCUT2D eigenvalue weighted by atomic mass is 10.1. The van der Waals surface area contributed by atoms with E-state index in [4.69, 9.17) is 33.4 Å². The average molecular weight is 2540 g/mol. The number of Topliss-reactive ketones (excluding diaryl/α,β-unsaturated/α-hetero) is 1. The second-order valence-corrected chi connectivity index (χ2v) is 74.1. The van der Waals surface area contributed by atoms with E-state index in [2.05, 4.69) is 284 Å². The molecule has 1 atom stereocenters. The third kappa shape index (κ3) is 29.4. The zero-order valence-corrected chi connectivity index (χ0v) is 97.1. The molecule has 13 rings (SSSR count). The molecule has 41 heteroatoms. The van der Waals surface area contributed by atoms with E-state index in [0.29, 0.717) is 124 Å². The fourth-order valence-corrected chi connectivity index (χ4v) is 24.6. The van der Waals surface area contributed by atoms with Crippen molar-refractivity contribution in [1.29, 1.82) is 0 Å². The third-order valence-corrected chi connectivity index (χ3v) is 38.9. The lowest BCUT2D eigenvalue weighted by molar-refractivity contribution is 0.0795. The molecule has 9 heterocycles. The summed E-state index contributed by atoms with van der Waals surface area (Å²) >= 11 is 39.7. The van der Waals surface area contributed by atoms with Gasteiger partial charge in [0.25, 0.3) is 0 Å². The molecule has 0 saturated carbocycles. The van der Waals surface area contributed by atoms with Crippen LogP contribution in [0.4, 0.5) is 17.6 Å². The number of aliphatic hydroxyl groups excluding tert-OH is 1. The van der Waals surface area contributed by atoms with Gasteiger partial charge in [0.15, 0.2) is 10.5 Å². The number of imidazole rings is 5. The van der Waals surface area contributed by atoms with Gasteiger partial charge in [-0.25, -0.2) is 42.5 Å². The number of fused-ring (bicyclic) bond motifs is 4. The molecule has 4 aromatic carbocycles. The fraction of sp³-hybridized carbons (Fsp3) is 0.412. The molecule has 0 fully saturated rings. The van der Waals surface area contributed by atoms with E-state index in [9.17, 15) is 27.5 Å². The molecular formula is C85H104Br10F4N10O8S4Si5. The highest BCUT2D eigenvalue weighted by Gasteiger charge is 2.30. The Balaban J connectivity index is 0.000000180. The Labute approximate surface area is 839 Å². The standard InChI is InChI=1S/C21H26BrFN2O2SSi.C19H23Br2FN2O2SSi.C19H21Br2FN2O2SSi.C17H19Br2FN2OSSi.C9H15Br3N2OSi/c1-6-27-14(2)18-20(22)24-21(25(18)13-26-10-11-29(3,4)5)16-12-28-19-15(16)8-7-9-17(19)23;2*1-28(2,3)8-7-26-11-24-16(15(25)9-20)18(21)23-19(24)13-10-27-17-12(13)5-4-6-14(17)22;1-25(2,3)8-7-23-10-22-16(19)15(18)21-17(22)12-9-24-14-11(12)5-4-6-13(14)20;1-16(2,3)5-4-15-6-14-8(11)7(10)13-9(14)12/h7-9,12H,2,6,10-11,13H2,1,3-5H3;4-6,10,15,25H,7-9,11H2,1-3H3;4-6,10H,7-9,11H2,1-3H3;4-6,9H,7-8,10H2,1-3H3;4-6H2,1-3H3. The summed E-state index contributed by atoms with van der Waals surface area (Å²) in [5.74, 6) is 2.25. The van der Waals surface area contributed by atoms with Gasteiger partial charge in [0.1, 0.15) is 136 Å². The molecule has 0 aliphatic carbocycles. The molecule has 1 N–H and O–H groups in total. The molecule has 18 nitrogen and oxygen atoms in total. The minimum atomic E-state index is -1.22. The number of carbonyl (C=O) groups is 1. The summed E-state index contributed by atoms with van der Waals surface area (Å²) in [5.41, 5.74) is 5.26. The van der Waals surface area contributed by atoms with Crippen LogP contribution in [0.25, 0.3) is 91.7 Å². The second kappa shape index (κ2) is 48.2. The van der Waals surface area contributed by atoms with Crippen LogP contribution in [0.5, 0.6) is 0 Å². The van der Waals surface area contributed by atoms with Crippen molar-refractivity contribution in [3.63, 3.8) is 0 Å². The van der Waals surface area contributed by atoms with Crippen molar-refractivity contribution in [3.8, 4) is 45.6 Å². The van der Waals surface area contributed by atoms with E-state index in [1.165, 1.54) is 75.7 Å². The molecule has 9 aromatic heterocycles. The summed E-state index contributed by atoms with van der Waals surface area (Å²) in [5, 5.41) is 22.0. The summed E-state index contributed by atoms with van der Waals surface area (Å²) in [6, 6.07) is 25.8. The number of benzene rings is 4. The number of rotatable bonds is 36. The number of aliphatic hydroxyl groups is 1. The molecule has 0 aliphatic heterocycles. The van der Waals surface area contributed by atoms with Crippen molar-refractivity contribution >= 4 is 297 Å². The van der Waals surface area contributed by atoms with Crippen LogP contribution in [0.1, 0.15) is 34.9 Å². The Hall–Kier alpha value is -2.66. The van der Waals surface area contributed by atoms with Gasteiger partial charge < -0.3 is 38.1 Å². The minimum absolute atomic E-state index is 0.0925. The van der Waals surface area contributed by atoms with Gasteiger partial charge in [0.05, 0.1) is 36.4 Å². The summed E-state index contributed by atoms with van der Waals surface area (Å²) in [6.07, 6.45) is -0.738. The first kappa shape index (κ1) is 107. The number of alkyl halides is 2. The lowest BCUT2D eigenvalue weighted by Crippen LogP contribution is -2.22. The molecule has 0 radical (unpaired) electrons. The first-order valence-corrected chi connectivity index (χ1v) is 70.9. The SMILES string of the molecule is C=C(OCC)c1c(Br)nc(-c2csc3c(F)cccc23)n1COCC[Si](C)(C)C.C[Si](C)(C)CCOCn1c(-c2csc3c(F)cccc23)nc(Br)c1Br.C[Si](C)(C)CCOCn1c(-c2csc3c(F)cccc23)nc(Br)c1C(=O)CBr.C[Si](C)(C)CCOCn1c(-c2csc3c(F)cccc23)nc(Br)c1C(O)CBr.C[Si](C)(C)CCOCn1c(Br)nc(Br)c1Br. The summed E-state index contributed by atoms with van der Waals surface area (Å²) < 4.78 is 109. The van der Waals surface area contributed by atoms with Crippen LogP contribution in [0, 0.1) is 23.3 Å². The van der Waals surface area contributed by atoms with Crippen molar-refractivity contribution in [2.75, 3.05) is 50.3 Å². The Kier molecular flexibility index (Phi) is 40.9. The van der Waals surface area contributed by atoms with E-state index in [0.717, 1.165) is 111 Å². The Morgan fingerprint density at radius 3 is 1.02 bits per heavy atom. The molecule has 0 amide bonds. The zero-order chi connectivity index (χ0) is 92.7. The van der Waals surface area contributed by atoms with Crippen molar-refractivity contribution in [2.45, 2.75) is 175 Å². The van der Waals surface area contributed by atoms with E-state index >= 15 is 0 Å². The van der Waals surface area contributed by atoms with Crippen molar-refractivity contribution in [1.82, 2.24) is 47.8 Å². The monoisotopic (exact) mass is 2530 g/mol. The average Bonchev–Trinajstić information content (AvgIpc) is 1.63. The van der Waals surface area contributed by atoms with Gasteiger partial charge in [-0.1, -0.05) is 185 Å². The van der Waals surface area contributed by atoms with Gasteiger partial charge >= 0.3 is 0 Å². The molecule has 126 heavy (non-hydrogen) atoms. The van der Waals surface area contributed by atoms with Gasteiger partial charge in [-0.05, 0) is 189 Å². The summed E-state index contributed by atoms with van der Waals surface area (Å²) in [4.78, 5) is 35.3. The zero-order valence-electron chi connectivity index (χ0n) is 73.0. The Bertz CT molecular complexity index is 5870. The second-order valence-electron chi connectivity index (χ2n) is 35.3. The fourth-order valence-electron chi connectivity index (χ4n) is 12.2. The van der Waals surface area contributed by atoms with Gasteiger partial charge in [0, 0.05) is 144 Å². The highest BCUT2D eigenvalue weighted by Crippen LogP contribution is 2.44. The number of hydrogen-bond donors (Lipinski definition) is 1. The number of hydrogen-bond acceptors (Lipinski definition) is 17. The number of aromatic nitrogens is 10. The van der Waals surface area contributed by atoms with Crippen LogP contribution >= 0.6 is 205 Å². The molecule has 0 bridgehead atoms. The predicted octanol–water partition coefficient (Wildman–Crippen LogP) is 31.2. The summed E-state index contributed by atoms with van der Waals surface area (Å²) in [7, 11) is -5.73. The van der Waals surface area contributed by atoms with Gasteiger partial charge in [-0.2, -0.15) is 0 Å². The molecule has 1 unspecified atom stereocenters. The van der Waals surface area contributed by atoms with Crippen LogP contribution < -0.4 is 0 Å². The van der Waals surface area contributed by atoms with E-state index in [1.54, 1.807) is 28.8 Å². The lowest BCUT2D eigenvalue weighted by Gasteiger charge is -2.18. The molecule has 0 aliphatic rings. The third-order valence-electron chi connectivity index (χ3n) is 19.2.